The molecule has 1 saturated heterocycles. The van der Waals surface area contributed by atoms with Gasteiger partial charge in [-0.25, -0.2) is 9.18 Å². The summed E-state index contributed by atoms with van der Waals surface area (Å²) in [6, 6.07) is 5.59. The topological polar surface area (TPSA) is 105 Å². The second-order valence-electron chi connectivity index (χ2n) is 14.1. The SMILES string of the molecule is CC(C)(C)OC(=O)N[C@H]1CC[C@H](F)C[C@@H]1Cc1ccc2c(c1)CN(C1CCC(=O)N(COCC[Si](C)(C)C)C1=O)C2=O. The van der Waals surface area contributed by atoms with Gasteiger partial charge in [0.2, 0.25) is 5.91 Å². The van der Waals surface area contributed by atoms with Crippen LogP contribution in [0.5, 0.6) is 0 Å². The highest BCUT2D eigenvalue weighted by Crippen LogP contribution is 2.33. The highest BCUT2D eigenvalue weighted by Gasteiger charge is 2.43. The molecule has 4 atom stereocenters. The van der Waals surface area contributed by atoms with Gasteiger partial charge >= 0.3 is 6.09 Å². The van der Waals surface area contributed by atoms with E-state index >= 15 is 0 Å². The Bertz CT molecular complexity index is 1200. The van der Waals surface area contributed by atoms with Crippen LogP contribution in [-0.4, -0.2) is 78.9 Å². The third-order valence-electron chi connectivity index (χ3n) is 8.20. The van der Waals surface area contributed by atoms with Gasteiger partial charge < -0.3 is 19.7 Å². The lowest BCUT2D eigenvalue weighted by Gasteiger charge is -2.35. The number of amides is 4. The van der Waals surface area contributed by atoms with E-state index in [9.17, 15) is 23.6 Å². The Balaban J connectivity index is 1.41. The summed E-state index contributed by atoms with van der Waals surface area (Å²) in [6.45, 7) is 12.8. The van der Waals surface area contributed by atoms with Gasteiger partial charge in [0.05, 0.1) is 0 Å². The van der Waals surface area contributed by atoms with Crippen molar-refractivity contribution in [2.75, 3.05) is 13.3 Å². The number of imide groups is 1. The molecular formula is C31H46FN3O6Si. The third-order valence-corrected chi connectivity index (χ3v) is 9.90. The van der Waals surface area contributed by atoms with Gasteiger partial charge in [-0.2, -0.15) is 0 Å². The molecule has 42 heavy (non-hydrogen) atoms. The molecule has 1 saturated carbocycles. The molecule has 1 aromatic rings. The fourth-order valence-electron chi connectivity index (χ4n) is 5.94. The smallest absolute Gasteiger partial charge is 0.407 e. The minimum absolute atomic E-state index is 0.0901. The molecule has 2 heterocycles. The number of halogens is 1. The van der Waals surface area contributed by atoms with Crippen molar-refractivity contribution in [3.05, 3.63) is 34.9 Å². The van der Waals surface area contributed by atoms with Crippen molar-refractivity contribution in [3.8, 4) is 0 Å². The molecular weight excluding hydrogens is 557 g/mol. The molecule has 1 aliphatic carbocycles. The number of piperidine rings is 1. The molecule has 0 bridgehead atoms. The number of carbonyl (C=O) groups excluding carboxylic acids is 4. The van der Waals surface area contributed by atoms with E-state index in [4.69, 9.17) is 9.47 Å². The fraction of sp³-hybridized carbons (Fsp3) is 0.677. The summed E-state index contributed by atoms with van der Waals surface area (Å²) in [6.07, 6.45) is 0.832. The van der Waals surface area contributed by atoms with E-state index in [2.05, 4.69) is 25.0 Å². The van der Waals surface area contributed by atoms with Gasteiger partial charge in [0.25, 0.3) is 11.8 Å². The van der Waals surface area contributed by atoms with Crippen molar-refractivity contribution in [1.29, 1.82) is 0 Å². The highest BCUT2D eigenvalue weighted by molar-refractivity contribution is 6.76. The standard InChI is InChI=1S/C31H46FN3O6Si/c1-31(2,3)41-30(39)33-25-10-8-23(32)17-21(25)15-20-7-9-24-22(16-20)18-34(28(24)37)26-11-12-27(36)35(29(26)38)19-40-13-14-42(4,5)6/h7,9,16,21,23,25-26H,8,10-15,17-19H2,1-6H3,(H,33,39)/t21-,23-,25-,26?/m0/s1. The van der Waals surface area contributed by atoms with Crippen LogP contribution in [0.25, 0.3) is 0 Å². The average Bonchev–Trinajstić information content (AvgIpc) is 3.18. The number of carbonyl (C=O) groups is 4. The van der Waals surface area contributed by atoms with Gasteiger partial charge in [-0.3, -0.25) is 19.3 Å². The van der Waals surface area contributed by atoms with Crippen LogP contribution in [-0.2, 0) is 32.0 Å². The number of fused-ring (bicyclic) bond motifs is 1. The number of hydrogen-bond acceptors (Lipinski definition) is 6. The van der Waals surface area contributed by atoms with Gasteiger partial charge in [-0.1, -0.05) is 31.8 Å². The summed E-state index contributed by atoms with van der Waals surface area (Å²) in [4.78, 5) is 54.4. The molecule has 1 aromatic carbocycles. The van der Waals surface area contributed by atoms with Crippen molar-refractivity contribution < 1.29 is 33.0 Å². The van der Waals surface area contributed by atoms with Gasteiger partial charge in [-0.15, -0.1) is 0 Å². The number of ether oxygens (including phenoxy) is 2. The lowest BCUT2D eigenvalue weighted by molar-refractivity contribution is -0.158. The Morgan fingerprint density at radius 3 is 2.55 bits per heavy atom. The number of alkyl halides is 1. The number of nitrogens with one attached hydrogen (secondary N) is 1. The molecule has 4 amide bonds. The predicted molar refractivity (Wildman–Crippen MR) is 159 cm³/mol. The zero-order valence-corrected chi connectivity index (χ0v) is 26.8. The van der Waals surface area contributed by atoms with Crippen molar-refractivity contribution in [2.45, 2.75) is 115 Å². The van der Waals surface area contributed by atoms with E-state index in [0.717, 1.165) is 22.1 Å². The number of nitrogens with zero attached hydrogens (tertiary/aromatic N) is 2. The normalized spacial score (nSPS) is 25.1. The van der Waals surface area contributed by atoms with E-state index in [-0.39, 0.29) is 49.9 Å². The maximum absolute atomic E-state index is 14.4. The van der Waals surface area contributed by atoms with Crippen LogP contribution < -0.4 is 5.32 Å². The summed E-state index contributed by atoms with van der Waals surface area (Å²) in [7, 11) is -1.31. The maximum atomic E-state index is 14.4. The monoisotopic (exact) mass is 603 g/mol. The molecule has 0 spiro atoms. The summed E-state index contributed by atoms with van der Waals surface area (Å²) in [5.74, 6) is -1.01. The van der Waals surface area contributed by atoms with Crippen LogP contribution in [0.4, 0.5) is 9.18 Å². The molecule has 1 N–H and O–H groups in total. The Labute approximate surface area is 249 Å². The molecule has 2 aliphatic heterocycles. The van der Waals surface area contributed by atoms with E-state index < -0.39 is 37.9 Å². The first-order valence-corrected chi connectivity index (χ1v) is 18.8. The number of alkyl carbamates (subject to hydrolysis) is 1. The Hall–Kier alpha value is -2.79. The molecule has 4 rings (SSSR count). The second kappa shape index (κ2) is 12.8. The maximum Gasteiger partial charge on any atom is 0.407 e. The average molecular weight is 604 g/mol. The second-order valence-corrected chi connectivity index (χ2v) is 19.7. The van der Waals surface area contributed by atoms with Crippen molar-refractivity contribution in [3.63, 3.8) is 0 Å². The van der Waals surface area contributed by atoms with E-state index in [1.807, 2.05) is 12.1 Å². The highest BCUT2D eigenvalue weighted by atomic mass is 28.3. The molecule has 9 nitrogen and oxygen atoms in total. The van der Waals surface area contributed by atoms with Gasteiger partial charge in [0.15, 0.2) is 0 Å². The Morgan fingerprint density at radius 2 is 1.86 bits per heavy atom. The fourth-order valence-corrected chi connectivity index (χ4v) is 6.70. The molecule has 11 heteroatoms. The first-order valence-electron chi connectivity index (χ1n) is 15.1. The van der Waals surface area contributed by atoms with Crippen molar-refractivity contribution in [1.82, 2.24) is 15.1 Å². The predicted octanol–water partition coefficient (Wildman–Crippen LogP) is 5.05. The number of rotatable bonds is 9. The van der Waals surface area contributed by atoms with Crippen LogP contribution in [0.2, 0.25) is 25.7 Å². The van der Waals surface area contributed by atoms with E-state index in [0.29, 0.717) is 37.9 Å². The summed E-state index contributed by atoms with van der Waals surface area (Å²) in [5.41, 5.74) is 1.67. The number of likely N-dealkylation sites (tertiary alicyclic amines) is 1. The third kappa shape index (κ3) is 8.18. The van der Waals surface area contributed by atoms with Crippen LogP contribution in [0.3, 0.4) is 0 Å². The zero-order valence-electron chi connectivity index (χ0n) is 25.8. The van der Waals surface area contributed by atoms with Crippen molar-refractivity contribution in [2.24, 2.45) is 5.92 Å². The molecule has 2 fully saturated rings. The van der Waals surface area contributed by atoms with E-state index in [1.54, 1.807) is 31.7 Å². The Kier molecular flexibility index (Phi) is 9.81. The minimum Gasteiger partial charge on any atom is -0.444 e. The van der Waals surface area contributed by atoms with Gasteiger partial charge in [0, 0.05) is 39.3 Å². The molecule has 1 unspecified atom stereocenters. The van der Waals surface area contributed by atoms with E-state index in [1.165, 1.54) is 0 Å². The lowest BCUT2D eigenvalue weighted by atomic mass is 9.79. The molecule has 232 valence electrons. The van der Waals surface area contributed by atoms with Crippen LogP contribution >= 0.6 is 0 Å². The molecule has 3 aliphatic rings. The molecule has 0 radical (unpaired) electrons. The first kappa shape index (κ1) is 32.1. The van der Waals surface area contributed by atoms with Gasteiger partial charge in [0.1, 0.15) is 24.5 Å². The Morgan fingerprint density at radius 1 is 1.12 bits per heavy atom. The number of benzene rings is 1. The first-order chi connectivity index (χ1) is 19.6. The summed E-state index contributed by atoms with van der Waals surface area (Å²) in [5, 5.41) is 2.95. The molecule has 0 aromatic heterocycles. The minimum atomic E-state index is -1.31. The summed E-state index contributed by atoms with van der Waals surface area (Å²) < 4.78 is 25.6. The van der Waals surface area contributed by atoms with Crippen LogP contribution in [0, 0.1) is 5.92 Å². The largest absolute Gasteiger partial charge is 0.444 e. The number of hydrogen-bond donors (Lipinski definition) is 1. The lowest BCUT2D eigenvalue weighted by Crippen LogP contribution is -2.55. The van der Waals surface area contributed by atoms with Crippen LogP contribution in [0.15, 0.2) is 18.2 Å². The quantitative estimate of drug-likeness (QED) is 0.241. The van der Waals surface area contributed by atoms with Gasteiger partial charge in [-0.05, 0) is 82.0 Å². The van der Waals surface area contributed by atoms with Crippen molar-refractivity contribution >= 4 is 31.9 Å². The zero-order chi connectivity index (χ0) is 30.8. The summed E-state index contributed by atoms with van der Waals surface area (Å²) >= 11 is 0. The van der Waals surface area contributed by atoms with Crippen LogP contribution in [0.1, 0.15) is 74.4 Å².